The minimum Gasteiger partial charge on any atom is -0.386 e. The number of nitrogens with zero attached hydrogens (tertiary/aromatic N) is 9. The summed E-state index contributed by atoms with van der Waals surface area (Å²) in [6.45, 7) is 12.6. The van der Waals surface area contributed by atoms with Gasteiger partial charge in [0.05, 0.1) is 16.2 Å². The molecule has 478 valence electrons. The molecular weight excluding hydrogens is 1280 g/mol. The van der Waals surface area contributed by atoms with Crippen molar-refractivity contribution in [3.8, 4) is 0 Å². The summed E-state index contributed by atoms with van der Waals surface area (Å²) in [7, 11) is 0. The minimum absolute atomic E-state index is 0. The van der Waals surface area contributed by atoms with E-state index in [9.17, 15) is 35.9 Å². The highest BCUT2D eigenvalue weighted by molar-refractivity contribution is 6.34. The van der Waals surface area contributed by atoms with E-state index < -0.39 is 102 Å². The fraction of sp³-hybridized carbons (Fsp3) is 0.400. The maximum absolute atomic E-state index is 11.2. The number of hydrogen-bond donors (Lipinski definition) is 9. The molecule has 15 atom stereocenters. The largest absolute Gasteiger partial charge is 0.386 e. The zero-order chi connectivity index (χ0) is 63.3. The second kappa shape index (κ2) is 24.8. The molecule has 14 rings (SSSR count). The van der Waals surface area contributed by atoms with Crippen molar-refractivity contribution in [2.75, 3.05) is 11.0 Å². The Labute approximate surface area is 540 Å². The van der Waals surface area contributed by atoms with E-state index in [2.05, 4.69) is 35.4 Å². The van der Waals surface area contributed by atoms with E-state index in [0.717, 1.165) is 0 Å². The van der Waals surface area contributed by atoms with Gasteiger partial charge in [-0.05, 0) is 120 Å². The third kappa shape index (κ3) is 11.6. The van der Waals surface area contributed by atoms with Crippen molar-refractivity contribution < 1.29 is 69.1 Å². The van der Waals surface area contributed by atoms with Gasteiger partial charge in [-0.15, -0.1) is 12.4 Å². The summed E-state index contributed by atoms with van der Waals surface area (Å²) in [5, 5.41) is 77.3. The molecule has 5 aliphatic heterocycles. The second-order valence-corrected chi connectivity index (χ2v) is 25.3. The zero-order valence-electron chi connectivity index (χ0n) is 49.0. The Morgan fingerprint density at radius 2 is 0.800 bits per heavy atom. The first-order chi connectivity index (χ1) is 42.3. The molecule has 5 fully saturated rings. The molecule has 3 aromatic carbocycles. The molecule has 0 saturated carbocycles. The molecule has 0 amide bonds. The van der Waals surface area contributed by atoms with Gasteiger partial charge in [0.1, 0.15) is 113 Å². The van der Waals surface area contributed by atoms with Gasteiger partial charge in [0, 0.05) is 33.7 Å². The van der Waals surface area contributed by atoms with Crippen LogP contribution >= 0.6 is 58.8 Å². The lowest BCUT2D eigenvalue weighted by molar-refractivity contribution is -0.223. The van der Waals surface area contributed by atoms with Crippen molar-refractivity contribution in [2.45, 2.75) is 150 Å². The molecule has 0 bridgehead atoms. The molecule has 30 heteroatoms. The van der Waals surface area contributed by atoms with Crippen LogP contribution in [0.25, 0.3) is 33.1 Å². The highest BCUT2D eigenvalue weighted by atomic mass is 35.5. The van der Waals surface area contributed by atoms with Crippen molar-refractivity contribution in [3.05, 3.63) is 165 Å². The number of rotatable bonds is 11. The van der Waals surface area contributed by atoms with Gasteiger partial charge < -0.3 is 72.4 Å². The quantitative estimate of drug-likeness (QED) is 0.0429. The van der Waals surface area contributed by atoms with E-state index in [-0.39, 0.29) is 24.0 Å². The van der Waals surface area contributed by atoms with E-state index in [4.69, 9.17) is 79.6 Å². The smallest absolute Gasteiger partial charge is 0.165 e. The summed E-state index contributed by atoms with van der Waals surface area (Å²) >= 11 is 24.1. The van der Waals surface area contributed by atoms with Crippen LogP contribution in [0.15, 0.2) is 129 Å². The van der Waals surface area contributed by atoms with E-state index in [1.807, 2.05) is 63.9 Å². The van der Waals surface area contributed by atoms with Crippen molar-refractivity contribution in [1.29, 1.82) is 0 Å². The number of ether oxygens (including phenoxy) is 7. The van der Waals surface area contributed by atoms with Gasteiger partial charge in [-0.1, -0.05) is 82.8 Å². The predicted molar refractivity (Wildman–Crippen MR) is 330 cm³/mol. The van der Waals surface area contributed by atoms with Crippen LogP contribution in [0, 0.1) is 0 Å². The Hall–Kier alpha value is -5.99. The maximum Gasteiger partial charge on any atom is 0.165 e. The molecule has 0 spiro atoms. The average molecular weight is 1340 g/mol. The Bertz CT molecular complexity index is 4040. The molecule has 9 aromatic rings. The summed E-state index contributed by atoms with van der Waals surface area (Å²) < 4.78 is 48.9. The molecule has 9 N–H and O–H groups in total. The van der Waals surface area contributed by atoms with Crippen LogP contribution < -0.4 is 11.0 Å². The van der Waals surface area contributed by atoms with Crippen LogP contribution in [-0.2, 0) is 33.2 Å². The van der Waals surface area contributed by atoms with Gasteiger partial charge in [-0.2, -0.15) is 0 Å². The van der Waals surface area contributed by atoms with Gasteiger partial charge in [0.15, 0.2) is 41.9 Å². The van der Waals surface area contributed by atoms with Crippen molar-refractivity contribution in [3.63, 3.8) is 0 Å². The summed E-state index contributed by atoms with van der Waals surface area (Å²) in [6, 6.07) is 25.8. The zero-order valence-corrected chi connectivity index (χ0v) is 52.8. The number of aliphatic hydroxyl groups excluding tert-OH is 4. The van der Waals surface area contributed by atoms with Crippen LogP contribution in [-0.4, -0.2) is 145 Å². The summed E-state index contributed by atoms with van der Waals surface area (Å²) in [5.74, 6) is -1.23. The number of fused-ring (bicyclic) bond motifs is 5. The number of nitrogens with one attached hydrogen (secondary N) is 2. The van der Waals surface area contributed by atoms with E-state index in [1.165, 1.54) is 30.5 Å². The number of hydrogen-bond acceptors (Lipinski definition) is 22. The fourth-order valence-corrected chi connectivity index (χ4v) is 13.3. The van der Waals surface area contributed by atoms with Crippen molar-refractivity contribution >= 4 is 104 Å². The Morgan fingerprint density at radius 1 is 0.467 bits per heavy atom. The molecule has 0 unspecified atom stereocenters. The van der Waals surface area contributed by atoms with E-state index in [1.54, 1.807) is 102 Å². The SMILES string of the molecule is CC1(C)O[C@H]2[C@H](n3ccc4c(Cl)ncnc43)O[C@H]([C@H](O)c3ccc(Cl)cc3)[C@@]2(C)O1.CC1(C)O[C@H]2[C@H](n3ccc4c(NO)ncnc43)O[C@H]([C@H](O)c3ccc(Cl)cc3)[C@@]2(C)O1.C[C@@]1(O)[C@@H]([C@H](O)c2ccc(Cl)cc2)O[C@@H](n2ccc3c(NO)ncnc32)[C@@H]1O.Cl. The first-order valence-electron chi connectivity index (χ1n) is 28.1. The number of benzene rings is 3. The predicted octanol–water partition coefficient (Wildman–Crippen LogP) is 9.76. The van der Waals surface area contributed by atoms with Crippen LogP contribution in [0.2, 0.25) is 20.2 Å². The van der Waals surface area contributed by atoms with Crippen molar-refractivity contribution in [1.82, 2.24) is 43.6 Å². The molecule has 25 nitrogen and oxygen atoms in total. The summed E-state index contributed by atoms with van der Waals surface area (Å²) in [4.78, 5) is 24.9. The van der Waals surface area contributed by atoms with Crippen LogP contribution in [0.3, 0.4) is 0 Å². The molecular formula is C60H64Cl5N11O14. The summed E-state index contributed by atoms with van der Waals surface area (Å²) in [6.07, 6.45) is -0.984. The topological polar surface area (TPSA) is 322 Å². The number of aromatic nitrogens is 9. The number of aliphatic hydroxyl groups is 5. The molecule has 5 aliphatic rings. The Balaban J connectivity index is 0.000000138. The summed E-state index contributed by atoms with van der Waals surface area (Å²) in [5.41, 5.74) is 3.88. The first kappa shape index (κ1) is 65.5. The molecule has 0 aliphatic carbocycles. The lowest BCUT2D eigenvalue weighted by Crippen LogP contribution is -2.47. The van der Waals surface area contributed by atoms with Crippen LogP contribution in [0.5, 0.6) is 0 Å². The molecule has 5 saturated heterocycles. The molecule has 90 heavy (non-hydrogen) atoms. The van der Waals surface area contributed by atoms with Gasteiger partial charge in [-0.25, -0.2) is 29.9 Å². The monoisotopic (exact) mass is 1340 g/mol. The van der Waals surface area contributed by atoms with Gasteiger partial charge >= 0.3 is 0 Å². The molecule has 11 heterocycles. The Kier molecular flexibility index (Phi) is 18.1. The van der Waals surface area contributed by atoms with Crippen LogP contribution in [0.1, 0.15) is 102 Å². The van der Waals surface area contributed by atoms with Gasteiger partial charge in [0.25, 0.3) is 0 Å². The Morgan fingerprint density at radius 3 is 1.19 bits per heavy atom. The minimum atomic E-state index is -1.74. The van der Waals surface area contributed by atoms with E-state index in [0.29, 0.717) is 70.0 Å². The third-order valence-electron chi connectivity index (χ3n) is 16.8. The lowest BCUT2D eigenvalue weighted by atomic mass is 9.88. The second-order valence-electron chi connectivity index (χ2n) is 23.7. The molecule has 0 radical (unpaired) electrons. The highest BCUT2D eigenvalue weighted by Gasteiger charge is 2.67. The standard InChI is InChI=1S/C21H21Cl2N3O4.C21H23ClN4O5.C18H19ClN4O5.ClH/c1-20(2)29-16-19(26-9-8-13-17(23)24-10-25-18(13)26)28-15(21(16,3)30-20)14(27)11-4-6-12(22)7-5-11;1-20(2)30-16-19(26-9-8-13-17(25-28)23-10-24-18(13)26)29-15(21(16,3)31-20)14(27)11-4-6-12(22)7-5-11;1-18(26)13(25)17(23-7-6-11-15(22-27)20-8-21-16(11)23)28-14(18)12(24)9-2-4-10(19)5-3-9;/h4-10,14-16,19,27H,1-3H3;4-10,14-16,19,27-28H,1-3H3,(H,23,24,25);2-8,12-14,17,24-27H,1H3,(H,20,21,22);1H/t2*14-,15-,16+,19-,21-;12-,13+,14-,17-,18+;/m111./s1. The van der Waals surface area contributed by atoms with E-state index >= 15 is 0 Å². The highest BCUT2D eigenvalue weighted by Crippen LogP contribution is 2.56. The molecule has 6 aromatic heterocycles. The first-order valence-corrected chi connectivity index (χ1v) is 29.6. The normalized spacial score (nSPS) is 29.8. The third-order valence-corrected chi connectivity index (χ3v) is 17.9. The fourth-order valence-electron chi connectivity index (χ4n) is 12.7. The number of anilines is 2. The lowest BCUT2D eigenvalue weighted by Gasteiger charge is -2.32. The van der Waals surface area contributed by atoms with Gasteiger partial charge in [-0.3, -0.25) is 21.4 Å². The van der Waals surface area contributed by atoms with Gasteiger partial charge in [0.2, 0.25) is 0 Å². The number of halogens is 5. The average Bonchev–Trinajstić information content (AvgIpc) is 1.57. The van der Waals surface area contributed by atoms with Crippen LogP contribution in [0.4, 0.5) is 11.6 Å². The van der Waals surface area contributed by atoms with Crippen molar-refractivity contribution in [2.24, 2.45) is 0 Å². The maximum atomic E-state index is 11.2.